The number of piperidine rings is 1. The number of carbonyl (C=O) groups excluding carboxylic acids is 1. The summed E-state index contributed by atoms with van der Waals surface area (Å²) in [6.45, 7) is 6.08. The number of amides is 1. The lowest BCUT2D eigenvalue weighted by Gasteiger charge is -2.37. The lowest BCUT2D eigenvalue weighted by atomic mass is 9.84. The molecule has 3 N–H and O–H groups in total. The molecule has 0 bridgehead atoms. The fourth-order valence-electron chi connectivity index (χ4n) is 2.30. The summed E-state index contributed by atoms with van der Waals surface area (Å²) in [5, 5.41) is 0. The number of H-pyrrole nitrogens is 1. The van der Waals surface area contributed by atoms with Gasteiger partial charge in [0.15, 0.2) is 0 Å². The number of hydrogen-bond donors (Lipinski definition) is 2. The van der Waals surface area contributed by atoms with Crippen LogP contribution in [0.3, 0.4) is 0 Å². The minimum Gasteiger partial charge on any atom is -0.397 e. The molecule has 16 heavy (non-hydrogen) atoms. The molecule has 2 heterocycles. The van der Waals surface area contributed by atoms with Crippen molar-refractivity contribution in [3.8, 4) is 0 Å². The normalized spacial score (nSPS) is 19.8. The number of aromatic amines is 1. The van der Waals surface area contributed by atoms with Crippen LogP contribution in [0, 0.1) is 5.41 Å². The largest absolute Gasteiger partial charge is 0.397 e. The van der Waals surface area contributed by atoms with Gasteiger partial charge in [-0.3, -0.25) is 4.79 Å². The molecule has 0 spiro atoms. The summed E-state index contributed by atoms with van der Waals surface area (Å²) in [5.41, 5.74) is 7.03. The topological polar surface area (TPSA) is 62.1 Å². The Morgan fingerprint density at radius 2 is 2.31 bits per heavy atom. The molecular formula is C12H19N3O. The number of hydrogen-bond acceptors (Lipinski definition) is 2. The number of nitrogen functional groups attached to an aromatic ring is 1. The van der Waals surface area contributed by atoms with Crippen molar-refractivity contribution in [2.24, 2.45) is 5.41 Å². The Balaban J connectivity index is 2.10. The quantitative estimate of drug-likeness (QED) is 0.760. The van der Waals surface area contributed by atoms with Crippen molar-refractivity contribution < 1.29 is 4.79 Å². The molecule has 0 radical (unpaired) electrons. The summed E-state index contributed by atoms with van der Waals surface area (Å²) in [7, 11) is 0. The molecule has 0 aromatic carbocycles. The van der Waals surface area contributed by atoms with Crippen molar-refractivity contribution in [3.05, 3.63) is 18.0 Å². The lowest BCUT2D eigenvalue weighted by molar-refractivity contribution is 0.0578. The van der Waals surface area contributed by atoms with E-state index in [9.17, 15) is 4.79 Å². The van der Waals surface area contributed by atoms with Gasteiger partial charge in [-0.05, 0) is 24.3 Å². The average molecular weight is 221 g/mol. The van der Waals surface area contributed by atoms with Crippen LogP contribution in [0.15, 0.2) is 12.3 Å². The highest BCUT2D eigenvalue weighted by molar-refractivity contribution is 5.93. The zero-order valence-electron chi connectivity index (χ0n) is 9.92. The molecule has 1 aliphatic heterocycles. The van der Waals surface area contributed by atoms with Gasteiger partial charge in [0.1, 0.15) is 5.69 Å². The highest BCUT2D eigenvalue weighted by Crippen LogP contribution is 2.29. The van der Waals surface area contributed by atoms with Crippen LogP contribution in [0.5, 0.6) is 0 Å². The Hall–Kier alpha value is -1.45. The van der Waals surface area contributed by atoms with Crippen LogP contribution in [-0.2, 0) is 0 Å². The number of anilines is 1. The molecule has 1 aromatic heterocycles. The van der Waals surface area contributed by atoms with Crippen LogP contribution >= 0.6 is 0 Å². The Bertz CT molecular complexity index is 395. The van der Waals surface area contributed by atoms with Crippen LogP contribution in [0.25, 0.3) is 0 Å². The van der Waals surface area contributed by atoms with Crippen LogP contribution < -0.4 is 5.73 Å². The van der Waals surface area contributed by atoms with Gasteiger partial charge >= 0.3 is 0 Å². The average Bonchev–Trinajstić information content (AvgIpc) is 2.62. The fourth-order valence-corrected chi connectivity index (χ4v) is 2.30. The van der Waals surface area contributed by atoms with E-state index in [0.717, 1.165) is 19.5 Å². The number of rotatable bonds is 1. The Morgan fingerprint density at radius 3 is 2.88 bits per heavy atom. The Morgan fingerprint density at radius 1 is 1.56 bits per heavy atom. The molecule has 1 amide bonds. The molecule has 1 aromatic rings. The molecule has 0 saturated carbocycles. The summed E-state index contributed by atoms with van der Waals surface area (Å²) >= 11 is 0. The summed E-state index contributed by atoms with van der Waals surface area (Å²) in [4.78, 5) is 17.0. The molecule has 88 valence electrons. The predicted octanol–water partition coefficient (Wildman–Crippen LogP) is 1.86. The number of carbonyl (C=O) groups is 1. The van der Waals surface area contributed by atoms with Crippen molar-refractivity contribution in [2.75, 3.05) is 18.8 Å². The third-order valence-corrected chi connectivity index (χ3v) is 3.12. The maximum absolute atomic E-state index is 12.1. The SMILES string of the molecule is CC1(C)CCCN(C(=O)c2cc(N)c[nH]2)C1. The minimum atomic E-state index is 0.0597. The van der Waals surface area contributed by atoms with Crippen molar-refractivity contribution in [1.82, 2.24) is 9.88 Å². The van der Waals surface area contributed by atoms with Gasteiger partial charge in [0.25, 0.3) is 5.91 Å². The van der Waals surface area contributed by atoms with E-state index >= 15 is 0 Å². The standard InChI is InChI=1S/C12H19N3O/c1-12(2)4-3-5-15(8-12)11(16)10-6-9(13)7-14-10/h6-7,14H,3-5,8,13H2,1-2H3. The summed E-state index contributed by atoms with van der Waals surface area (Å²) in [5.74, 6) is 0.0597. The fraction of sp³-hybridized carbons (Fsp3) is 0.583. The first-order valence-electron chi connectivity index (χ1n) is 5.71. The van der Waals surface area contributed by atoms with E-state index in [1.807, 2.05) is 4.90 Å². The number of nitrogens with one attached hydrogen (secondary N) is 1. The molecule has 1 aliphatic rings. The van der Waals surface area contributed by atoms with E-state index in [1.54, 1.807) is 12.3 Å². The minimum absolute atomic E-state index is 0.0597. The van der Waals surface area contributed by atoms with Crippen molar-refractivity contribution in [1.29, 1.82) is 0 Å². The number of aromatic nitrogens is 1. The van der Waals surface area contributed by atoms with Gasteiger partial charge in [-0.1, -0.05) is 13.8 Å². The maximum Gasteiger partial charge on any atom is 0.270 e. The molecule has 1 saturated heterocycles. The van der Waals surface area contributed by atoms with Crippen molar-refractivity contribution >= 4 is 11.6 Å². The van der Waals surface area contributed by atoms with E-state index in [4.69, 9.17) is 5.73 Å². The Kier molecular flexibility index (Phi) is 2.66. The smallest absolute Gasteiger partial charge is 0.270 e. The van der Waals surface area contributed by atoms with Gasteiger partial charge in [-0.15, -0.1) is 0 Å². The number of nitrogens with two attached hydrogens (primary N) is 1. The first-order valence-corrected chi connectivity index (χ1v) is 5.71. The third-order valence-electron chi connectivity index (χ3n) is 3.12. The second kappa shape index (κ2) is 3.85. The first-order chi connectivity index (χ1) is 7.48. The lowest BCUT2D eigenvalue weighted by Crippen LogP contribution is -2.43. The molecule has 4 heteroatoms. The molecule has 4 nitrogen and oxygen atoms in total. The monoisotopic (exact) mass is 221 g/mol. The van der Waals surface area contributed by atoms with Crippen LogP contribution in [0.4, 0.5) is 5.69 Å². The summed E-state index contributed by atoms with van der Waals surface area (Å²) < 4.78 is 0. The second-order valence-corrected chi connectivity index (χ2v) is 5.34. The molecular weight excluding hydrogens is 202 g/mol. The molecule has 0 unspecified atom stereocenters. The maximum atomic E-state index is 12.1. The van der Waals surface area contributed by atoms with Gasteiger partial charge in [-0.25, -0.2) is 0 Å². The molecule has 0 atom stereocenters. The van der Waals surface area contributed by atoms with Crippen LogP contribution in [-0.4, -0.2) is 28.9 Å². The Labute approximate surface area is 95.8 Å². The molecule has 2 rings (SSSR count). The zero-order chi connectivity index (χ0) is 11.8. The highest BCUT2D eigenvalue weighted by atomic mass is 16.2. The third kappa shape index (κ3) is 2.21. The van der Waals surface area contributed by atoms with E-state index in [1.165, 1.54) is 6.42 Å². The summed E-state index contributed by atoms with van der Waals surface area (Å²) in [6, 6.07) is 1.70. The van der Waals surface area contributed by atoms with Gasteiger partial charge in [0.05, 0.1) is 0 Å². The van der Waals surface area contributed by atoms with Gasteiger partial charge in [0.2, 0.25) is 0 Å². The van der Waals surface area contributed by atoms with Crippen LogP contribution in [0.2, 0.25) is 0 Å². The van der Waals surface area contributed by atoms with Gasteiger partial charge < -0.3 is 15.6 Å². The van der Waals surface area contributed by atoms with Crippen molar-refractivity contribution in [2.45, 2.75) is 26.7 Å². The number of nitrogens with zero attached hydrogens (tertiary/aromatic N) is 1. The predicted molar refractivity (Wildman–Crippen MR) is 64.1 cm³/mol. The summed E-state index contributed by atoms with van der Waals surface area (Å²) in [6.07, 6.45) is 3.92. The first kappa shape index (κ1) is 11.0. The van der Waals surface area contributed by atoms with E-state index in [0.29, 0.717) is 11.4 Å². The van der Waals surface area contributed by atoms with E-state index in [2.05, 4.69) is 18.8 Å². The number of likely N-dealkylation sites (tertiary alicyclic amines) is 1. The molecule has 0 aliphatic carbocycles. The van der Waals surface area contributed by atoms with Gasteiger partial charge in [-0.2, -0.15) is 0 Å². The molecule has 1 fully saturated rings. The zero-order valence-corrected chi connectivity index (χ0v) is 9.92. The van der Waals surface area contributed by atoms with Crippen molar-refractivity contribution in [3.63, 3.8) is 0 Å². The second-order valence-electron chi connectivity index (χ2n) is 5.34. The van der Waals surface area contributed by atoms with E-state index in [-0.39, 0.29) is 11.3 Å². The van der Waals surface area contributed by atoms with E-state index < -0.39 is 0 Å². The van der Waals surface area contributed by atoms with Crippen LogP contribution in [0.1, 0.15) is 37.2 Å². The highest BCUT2D eigenvalue weighted by Gasteiger charge is 2.29. The van der Waals surface area contributed by atoms with Gasteiger partial charge in [0, 0.05) is 25.0 Å².